The molecular weight excluding hydrogens is 461 g/mol. The second-order valence-corrected chi connectivity index (χ2v) is 8.17. The van der Waals surface area contributed by atoms with Crippen molar-refractivity contribution in [1.82, 2.24) is 10.2 Å². The highest BCUT2D eigenvalue weighted by Crippen LogP contribution is 2.10. The molecule has 2 aromatic carbocycles. The van der Waals surface area contributed by atoms with E-state index in [2.05, 4.69) is 46.4 Å². The highest BCUT2D eigenvalue weighted by atomic mass is 127. The van der Waals surface area contributed by atoms with Crippen LogP contribution in [0, 0.1) is 6.92 Å². The summed E-state index contributed by atoms with van der Waals surface area (Å²) in [5, 5.41) is 3.30. The molecule has 0 saturated heterocycles. The second-order valence-electron chi connectivity index (χ2n) is 6.16. The first-order valence-corrected chi connectivity index (χ1v) is 9.95. The largest absolute Gasteiger partial charge is 0.352 e. The molecule has 1 N–H and O–H groups in total. The lowest BCUT2D eigenvalue weighted by atomic mass is 10.1. The van der Waals surface area contributed by atoms with Gasteiger partial charge in [0.05, 0.1) is 4.90 Å². The van der Waals surface area contributed by atoms with E-state index in [4.69, 9.17) is 0 Å². The minimum absolute atomic E-state index is 0. The van der Waals surface area contributed by atoms with E-state index in [0.717, 1.165) is 18.1 Å². The van der Waals surface area contributed by atoms with Crippen molar-refractivity contribution in [2.45, 2.75) is 24.9 Å². The molecule has 7 heteroatoms. The van der Waals surface area contributed by atoms with Crippen LogP contribution in [0.15, 0.2) is 58.4 Å². The highest BCUT2D eigenvalue weighted by Gasteiger charge is 2.08. The lowest BCUT2D eigenvalue weighted by Crippen LogP contribution is -2.38. The van der Waals surface area contributed by atoms with Gasteiger partial charge in [-0.3, -0.25) is 4.99 Å². The van der Waals surface area contributed by atoms with E-state index in [1.807, 2.05) is 19.2 Å². The molecule has 0 unspecified atom stereocenters. The highest BCUT2D eigenvalue weighted by molar-refractivity contribution is 14.0. The van der Waals surface area contributed by atoms with Crippen LogP contribution in [0.4, 0.5) is 0 Å². The molecule has 2 aromatic rings. The zero-order valence-corrected chi connectivity index (χ0v) is 18.7. The summed E-state index contributed by atoms with van der Waals surface area (Å²) in [6.45, 7) is 3.41. The van der Waals surface area contributed by atoms with E-state index in [-0.39, 0.29) is 24.0 Å². The Hall–Kier alpha value is -1.61. The Labute approximate surface area is 173 Å². The van der Waals surface area contributed by atoms with Gasteiger partial charge >= 0.3 is 0 Å². The SMILES string of the molecule is CN=C(NCc1ccc(S(C)(=O)=O)cc1)N(C)Cc1ccc(C)cc1.I. The van der Waals surface area contributed by atoms with Crippen LogP contribution in [-0.2, 0) is 22.9 Å². The minimum Gasteiger partial charge on any atom is -0.352 e. The number of hydrogen-bond donors (Lipinski definition) is 1. The molecule has 5 nitrogen and oxygen atoms in total. The molecule has 0 aliphatic rings. The maximum absolute atomic E-state index is 11.5. The number of aryl methyl sites for hydroxylation is 1. The Morgan fingerprint density at radius 1 is 1.04 bits per heavy atom. The van der Waals surface area contributed by atoms with Crippen molar-refractivity contribution in [2.24, 2.45) is 4.99 Å². The smallest absolute Gasteiger partial charge is 0.193 e. The van der Waals surface area contributed by atoms with E-state index < -0.39 is 9.84 Å². The molecule has 0 aromatic heterocycles. The molecule has 0 atom stereocenters. The van der Waals surface area contributed by atoms with Gasteiger partial charge in [-0.15, -0.1) is 24.0 Å². The number of rotatable bonds is 5. The van der Waals surface area contributed by atoms with Crippen LogP contribution in [0.1, 0.15) is 16.7 Å². The molecule has 0 amide bonds. The Morgan fingerprint density at radius 2 is 1.58 bits per heavy atom. The predicted octanol–water partition coefficient (Wildman–Crippen LogP) is 3.22. The van der Waals surface area contributed by atoms with Crippen LogP contribution < -0.4 is 5.32 Å². The Balaban J connectivity index is 0.00000338. The molecule has 0 aliphatic heterocycles. The first-order valence-electron chi connectivity index (χ1n) is 8.06. The number of benzene rings is 2. The molecule has 0 bridgehead atoms. The molecule has 0 fully saturated rings. The van der Waals surface area contributed by atoms with Gasteiger partial charge in [0.2, 0.25) is 0 Å². The zero-order chi connectivity index (χ0) is 18.4. The first-order chi connectivity index (χ1) is 11.8. The third-order valence-electron chi connectivity index (χ3n) is 3.92. The van der Waals surface area contributed by atoms with Crippen LogP contribution in [-0.4, -0.2) is 39.6 Å². The van der Waals surface area contributed by atoms with Crippen LogP contribution >= 0.6 is 24.0 Å². The summed E-state index contributed by atoms with van der Waals surface area (Å²) in [5.74, 6) is 0.785. The fourth-order valence-electron chi connectivity index (χ4n) is 2.46. The lowest BCUT2D eigenvalue weighted by Gasteiger charge is -2.22. The van der Waals surface area contributed by atoms with Crippen LogP contribution in [0.25, 0.3) is 0 Å². The van der Waals surface area contributed by atoms with Crippen LogP contribution in [0.2, 0.25) is 0 Å². The van der Waals surface area contributed by atoms with E-state index >= 15 is 0 Å². The Kier molecular flexibility index (Phi) is 8.55. The molecule has 26 heavy (non-hydrogen) atoms. The molecular formula is C19H26IN3O2S. The third-order valence-corrected chi connectivity index (χ3v) is 5.04. The monoisotopic (exact) mass is 487 g/mol. The average molecular weight is 487 g/mol. The summed E-state index contributed by atoms with van der Waals surface area (Å²) in [7, 11) is 0.580. The van der Waals surface area contributed by atoms with Crippen molar-refractivity contribution in [3.8, 4) is 0 Å². The van der Waals surface area contributed by atoms with Crippen molar-refractivity contribution < 1.29 is 8.42 Å². The number of hydrogen-bond acceptors (Lipinski definition) is 3. The van der Waals surface area contributed by atoms with Crippen molar-refractivity contribution in [2.75, 3.05) is 20.4 Å². The average Bonchev–Trinajstić information content (AvgIpc) is 2.57. The van der Waals surface area contributed by atoms with E-state index in [1.165, 1.54) is 17.4 Å². The van der Waals surface area contributed by atoms with E-state index in [1.54, 1.807) is 19.2 Å². The Morgan fingerprint density at radius 3 is 2.08 bits per heavy atom. The third kappa shape index (κ3) is 6.60. The number of guanidine groups is 1. The number of halogens is 1. The number of nitrogens with one attached hydrogen (secondary N) is 1. The molecule has 0 aliphatic carbocycles. The van der Waals surface area contributed by atoms with Gasteiger partial charge < -0.3 is 10.2 Å². The number of sulfone groups is 1. The van der Waals surface area contributed by atoms with Crippen molar-refractivity contribution in [1.29, 1.82) is 0 Å². The maximum Gasteiger partial charge on any atom is 0.193 e. The van der Waals surface area contributed by atoms with Gasteiger partial charge in [0.25, 0.3) is 0 Å². The molecule has 0 radical (unpaired) electrons. The topological polar surface area (TPSA) is 61.8 Å². The van der Waals surface area contributed by atoms with Gasteiger partial charge in [-0.1, -0.05) is 42.0 Å². The standard InChI is InChI=1S/C19H25N3O2S.HI/c1-15-5-7-17(8-6-15)14-22(3)19(20-2)21-13-16-9-11-18(12-10-16)25(4,23)24;/h5-12H,13-14H2,1-4H3,(H,20,21);1H. The van der Waals surface area contributed by atoms with Gasteiger partial charge in [0.1, 0.15) is 0 Å². The van der Waals surface area contributed by atoms with Gasteiger partial charge in [0, 0.05) is 33.4 Å². The molecule has 0 spiro atoms. The summed E-state index contributed by atoms with van der Waals surface area (Å²) in [6, 6.07) is 15.3. The van der Waals surface area contributed by atoms with Gasteiger partial charge in [-0.05, 0) is 30.2 Å². The maximum atomic E-state index is 11.5. The van der Waals surface area contributed by atoms with Crippen LogP contribution in [0.5, 0.6) is 0 Å². The molecule has 2 rings (SSSR count). The van der Waals surface area contributed by atoms with Crippen molar-refractivity contribution >= 4 is 39.8 Å². The van der Waals surface area contributed by atoms with Crippen molar-refractivity contribution in [3.63, 3.8) is 0 Å². The summed E-state index contributed by atoms with van der Waals surface area (Å²) in [4.78, 5) is 6.69. The van der Waals surface area contributed by atoms with Gasteiger partial charge in [-0.25, -0.2) is 8.42 Å². The molecule has 0 heterocycles. The second kappa shape index (κ2) is 9.91. The normalized spacial score (nSPS) is 11.6. The van der Waals surface area contributed by atoms with Gasteiger partial charge in [0.15, 0.2) is 15.8 Å². The summed E-state index contributed by atoms with van der Waals surface area (Å²) in [5.41, 5.74) is 3.46. The number of aliphatic imine (C=N–C) groups is 1. The summed E-state index contributed by atoms with van der Waals surface area (Å²) < 4.78 is 23.0. The first kappa shape index (κ1) is 22.4. The molecule has 142 valence electrons. The van der Waals surface area contributed by atoms with Crippen LogP contribution in [0.3, 0.4) is 0 Å². The van der Waals surface area contributed by atoms with Gasteiger partial charge in [-0.2, -0.15) is 0 Å². The summed E-state index contributed by atoms with van der Waals surface area (Å²) >= 11 is 0. The fraction of sp³-hybridized carbons (Fsp3) is 0.316. The van der Waals surface area contributed by atoms with E-state index in [0.29, 0.717) is 11.4 Å². The minimum atomic E-state index is -3.16. The molecule has 0 saturated carbocycles. The predicted molar refractivity (Wildman–Crippen MR) is 118 cm³/mol. The lowest BCUT2D eigenvalue weighted by molar-refractivity contribution is 0.476. The fourth-order valence-corrected chi connectivity index (χ4v) is 3.09. The Bertz CT molecular complexity index is 832. The van der Waals surface area contributed by atoms with E-state index in [9.17, 15) is 8.42 Å². The quantitative estimate of drug-likeness (QED) is 0.400. The zero-order valence-electron chi connectivity index (χ0n) is 15.6. The number of nitrogens with zero attached hydrogens (tertiary/aromatic N) is 2. The van der Waals surface area contributed by atoms with Crippen molar-refractivity contribution in [3.05, 3.63) is 65.2 Å². The summed E-state index contributed by atoms with van der Waals surface area (Å²) in [6.07, 6.45) is 1.21.